The summed E-state index contributed by atoms with van der Waals surface area (Å²) in [6.07, 6.45) is 7.43. The molecule has 0 amide bonds. The molecule has 120 valence electrons. The lowest BCUT2D eigenvalue weighted by atomic mass is 9.96. The smallest absolute Gasteiger partial charge is 0.0431 e. The number of hydrogen-bond donors (Lipinski definition) is 1. The lowest BCUT2D eigenvalue weighted by molar-refractivity contribution is 0.108. The number of likely N-dealkylation sites (tertiary alicyclic amines) is 1. The molecule has 3 heteroatoms. The molecule has 1 N–H and O–H groups in total. The Kier molecular flexibility index (Phi) is 9.49. The Morgan fingerprint density at radius 2 is 1.95 bits per heavy atom. The molecule has 0 spiro atoms. The summed E-state index contributed by atoms with van der Waals surface area (Å²) in [5, 5.41) is 8.95. The van der Waals surface area contributed by atoms with Gasteiger partial charge in [0.1, 0.15) is 0 Å². The molecule has 0 unspecified atom stereocenters. The van der Waals surface area contributed by atoms with Gasteiger partial charge in [0, 0.05) is 25.7 Å². The molecule has 1 aliphatic rings. The molecule has 1 aliphatic heterocycles. The van der Waals surface area contributed by atoms with Crippen molar-refractivity contribution in [2.45, 2.75) is 65.3 Å². The van der Waals surface area contributed by atoms with E-state index in [1.54, 1.807) is 0 Å². The molecular weight excluding hydrogens is 248 g/mol. The third-order valence-electron chi connectivity index (χ3n) is 4.51. The zero-order valence-electron chi connectivity index (χ0n) is 14.0. The Bertz CT molecular complexity index is 233. The summed E-state index contributed by atoms with van der Waals surface area (Å²) in [6, 6.07) is 0.691. The quantitative estimate of drug-likeness (QED) is 0.625. The molecule has 1 fully saturated rings. The Balaban J connectivity index is 2.37. The fraction of sp³-hybridized carbons (Fsp3) is 1.00. The molecular formula is C17H36N2O. The molecule has 0 aromatic carbocycles. The molecule has 1 rings (SSSR count). The summed E-state index contributed by atoms with van der Waals surface area (Å²) >= 11 is 0. The first-order valence-electron chi connectivity index (χ1n) is 8.74. The van der Waals surface area contributed by atoms with E-state index < -0.39 is 0 Å². The van der Waals surface area contributed by atoms with Crippen LogP contribution in [0.2, 0.25) is 0 Å². The number of piperidine rings is 1. The second-order valence-electron chi connectivity index (χ2n) is 6.68. The fourth-order valence-electron chi connectivity index (χ4n) is 3.20. The van der Waals surface area contributed by atoms with Crippen molar-refractivity contribution in [1.29, 1.82) is 0 Å². The van der Waals surface area contributed by atoms with Gasteiger partial charge in [-0.05, 0) is 71.5 Å². The Morgan fingerprint density at radius 1 is 1.20 bits per heavy atom. The van der Waals surface area contributed by atoms with Crippen molar-refractivity contribution in [3.05, 3.63) is 0 Å². The van der Waals surface area contributed by atoms with Crippen LogP contribution in [0.4, 0.5) is 0 Å². The number of aliphatic hydroxyl groups is 1. The van der Waals surface area contributed by atoms with Gasteiger partial charge in [0.25, 0.3) is 0 Å². The van der Waals surface area contributed by atoms with Gasteiger partial charge in [0.2, 0.25) is 0 Å². The second kappa shape index (κ2) is 10.6. The number of rotatable bonds is 10. The second-order valence-corrected chi connectivity index (χ2v) is 6.68. The molecule has 3 nitrogen and oxygen atoms in total. The van der Waals surface area contributed by atoms with Crippen LogP contribution in [0.3, 0.4) is 0 Å². The minimum absolute atomic E-state index is 0.339. The van der Waals surface area contributed by atoms with Crippen molar-refractivity contribution in [1.82, 2.24) is 9.80 Å². The number of nitrogens with zero attached hydrogens (tertiary/aromatic N) is 2. The highest BCUT2D eigenvalue weighted by atomic mass is 16.2. The summed E-state index contributed by atoms with van der Waals surface area (Å²) in [4.78, 5) is 5.29. The molecule has 0 radical (unpaired) electrons. The van der Waals surface area contributed by atoms with E-state index in [4.69, 9.17) is 5.11 Å². The van der Waals surface area contributed by atoms with E-state index in [0.29, 0.717) is 12.6 Å². The van der Waals surface area contributed by atoms with E-state index in [0.717, 1.165) is 18.8 Å². The van der Waals surface area contributed by atoms with Crippen molar-refractivity contribution in [3.63, 3.8) is 0 Å². The summed E-state index contributed by atoms with van der Waals surface area (Å²) in [5.41, 5.74) is 0. The Hall–Kier alpha value is -0.120. The van der Waals surface area contributed by atoms with Crippen molar-refractivity contribution < 1.29 is 5.11 Å². The normalized spacial score (nSPS) is 21.0. The van der Waals surface area contributed by atoms with Gasteiger partial charge in [-0.15, -0.1) is 0 Å². The maximum atomic E-state index is 8.95. The Labute approximate surface area is 126 Å². The first-order chi connectivity index (χ1) is 9.67. The van der Waals surface area contributed by atoms with Gasteiger partial charge < -0.3 is 14.9 Å². The van der Waals surface area contributed by atoms with Crippen LogP contribution in [0.15, 0.2) is 0 Å². The molecule has 0 aromatic rings. The van der Waals surface area contributed by atoms with Gasteiger partial charge in [-0.25, -0.2) is 0 Å². The highest BCUT2D eigenvalue weighted by Crippen LogP contribution is 2.20. The average molecular weight is 284 g/mol. The monoisotopic (exact) mass is 284 g/mol. The lowest BCUT2D eigenvalue weighted by Crippen LogP contribution is -2.44. The maximum absolute atomic E-state index is 8.95. The fourth-order valence-corrected chi connectivity index (χ4v) is 3.20. The first kappa shape index (κ1) is 17.9. The topological polar surface area (TPSA) is 26.7 Å². The van der Waals surface area contributed by atoms with Crippen LogP contribution in [0.5, 0.6) is 0 Å². The highest BCUT2D eigenvalue weighted by Gasteiger charge is 2.23. The van der Waals surface area contributed by atoms with Crippen LogP contribution in [-0.2, 0) is 0 Å². The van der Waals surface area contributed by atoms with Crippen LogP contribution < -0.4 is 0 Å². The number of aliphatic hydroxyl groups excluding tert-OH is 1. The van der Waals surface area contributed by atoms with Crippen molar-refractivity contribution in [3.8, 4) is 0 Å². The van der Waals surface area contributed by atoms with E-state index in [1.165, 1.54) is 58.4 Å². The predicted octanol–water partition coefficient (Wildman–Crippen LogP) is 2.98. The van der Waals surface area contributed by atoms with Gasteiger partial charge >= 0.3 is 0 Å². The zero-order chi connectivity index (χ0) is 14.8. The molecule has 0 aliphatic carbocycles. The predicted molar refractivity (Wildman–Crippen MR) is 87.1 cm³/mol. The van der Waals surface area contributed by atoms with Crippen LogP contribution in [0.25, 0.3) is 0 Å². The van der Waals surface area contributed by atoms with E-state index >= 15 is 0 Å². The van der Waals surface area contributed by atoms with Gasteiger partial charge in [0.05, 0.1) is 0 Å². The van der Waals surface area contributed by atoms with Crippen molar-refractivity contribution in [2.24, 2.45) is 5.92 Å². The Morgan fingerprint density at radius 3 is 2.60 bits per heavy atom. The SMILES string of the molecule is CCCCN(CCCCO)C[C@@H]1CCCN(C(C)C)C1. The van der Waals surface area contributed by atoms with Gasteiger partial charge in [-0.3, -0.25) is 0 Å². The summed E-state index contributed by atoms with van der Waals surface area (Å²) in [5.74, 6) is 0.845. The third kappa shape index (κ3) is 7.05. The largest absolute Gasteiger partial charge is 0.396 e. The molecule has 20 heavy (non-hydrogen) atoms. The average Bonchev–Trinajstić information content (AvgIpc) is 2.45. The first-order valence-corrected chi connectivity index (χ1v) is 8.74. The minimum atomic E-state index is 0.339. The van der Waals surface area contributed by atoms with E-state index in [9.17, 15) is 0 Å². The van der Waals surface area contributed by atoms with E-state index in [2.05, 4.69) is 30.6 Å². The third-order valence-corrected chi connectivity index (χ3v) is 4.51. The van der Waals surface area contributed by atoms with Crippen LogP contribution in [-0.4, -0.2) is 60.3 Å². The summed E-state index contributed by atoms with van der Waals surface area (Å²) in [6.45, 7) is 13.5. The lowest BCUT2D eigenvalue weighted by Gasteiger charge is -2.37. The molecule has 0 saturated carbocycles. The van der Waals surface area contributed by atoms with Crippen LogP contribution in [0.1, 0.15) is 59.3 Å². The van der Waals surface area contributed by atoms with Gasteiger partial charge in [-0.2, -0.15) is 0 Å². The van der Waals surface area contributed by atoms with Crippen LogP contribution in [0, 0.1) is 5.92 Å². The highest BCUT2D eigenvalue weighted by molar-refractivity contribution is 4.77. The summed E-state index contributed by atoms with van der Waals surface area (Å²) < 4.78 is 0. The molecule has 0 bridgehead atoms. The van der Waals surface area contributed by atoms with Gasteiger partial charge in [0.15, 0.2) is 0 Å². The molecule has 0 aromatic heterocycles. The van der Waals surface area contributed by atoms with E-state index in [-0.39, 0.29) is 0 Å². The van der Waals surface area contributed by atoms with E-state index in [1.807, 2.05) is 0 Å². The van der Waals surface area contributed by atoms with Gasteiger partial charge in [-0.1, -0.05) is 13.3 Å². The molecule has 1 saturated heterocycles. The summed E-state index contributed by atoms with van der Waals surface area (Å²) in [7, 11) is 0. The van der Waals surface area contributed by atoms with Crippen molar-refractivity contribution >= 4 is 0 Å². The molecule has 1 atom stereocenters. The number of unbranched alkanes of at least 4 members (excludes halogenated alkanes) is 2. The zero-order valence-corrected chi connectivity index (χ0v) is 14.0. The standard InChI is InChI=1S/C17H36N2O/c1-4-5-10-18(11-6-7-13-20)14-17-9-8-12-19(15-17)16(2)3/h16-17,20H,4-15H2,1-3H3/t17-/m0/s1. The van der Waals surface area contributed by atoms with Crippen LogP contribution >= 0.6 is 0 Å². The minimum Gasteiger partial charge on any atom is -0.396 e. The molecule has 1 heterocycles. The maximum Gasteiger partial charge on any atom is 0.0431 e. The number of hydrogen-bond acceptors (Lipinski definition) is 3. The van der Waals surface area contributed by atoms with Crippen molar-refractivity contribution in [2.75, 3.05) is 39.3 Å².